The van der Waals surface area contributed by atoms with Gasteiger partial charge >= 0.3 is 0 Å². The topological polar surface area (TPSA) is 52.0 Å². The van der Waals surface area contributed by atoms with Crippen LogP contribution in [0.1, 0.15) is 18.4 Å². The summed E-state index contributed by atoms with van der Waals surface area (Å²) in [6.45, 7) is 0.685. The first-order chi connectivity index (χ1) is 9.82. The van der Waals surface area contributed by atoms with E-state index in [4.69, 9.17) is 10.2 Å². The minimum Gasteiger partial charge on any atom is -0.436 e. The molecule has 0 saturated heterocycles. The van der Waals surface area contributed by atoms with E-state index in [-0.39, 0.29) is 5.41 Å². The highest BCUT2D eigenvalue weighted by molar-refractivity contribution is 5.77. The van der Waals surface area contributed by atoms with Crippen LogP contribution in [0, 0.1) is 0 Å². The van der Waals surface area contributed by atoms with Gasteiger partial charge in [-0.25, -0.2) is 4.98 Å². The van der Waals surface area contributed by atoms with Gasteiger partial charge in [0.2, 0.25) is 5.89 Å². The summed E-state index contributed by atoms with van der Waals surface area (Å²) in [6, 6.07) is 16.2. The lowest BCUT2D eigenvalue weighted by molar-refractivity contribution is 0.614. The molecule has 0 spiro atoms. The Labute approximate surface area is 117 Å². The molecule has 3 aromatic rings. The fourth-order valence-corrected chi connectivity index (χ4v) is 2.85. The number of hydrogen-bond donors (Lipinski definition) is 1. The van der Waals surface area contributed by atoms with E-state index in [1.165, 1.54) is 5.56 Å². The predicted octanol–water partition coefficient (Wildman–Crippen LogP) is 3.49. The molecule has 1 saturated carbocycles. The average Bonchev–Trinajstić information content (AvgIpc) is 3.19. The summed E-state index contributed by atoms with van der Waals surface area (Å²) in [5.74, 6) is 0.696. The molecule has 0 unspecified atom stereocenters. The van der Waals surface area contributed by atoms with Crippen LogP contribution in [0.3, 0.4) is 0 Å². The first-order valence-electron chi connectivity index (χ1n) is 6.98. The van der Waals surface area contributed by atoms with Gasteiger partial charge in [-0.05, 0) is 36.6 Å². The number of hydrogen-bond acceptors (Lipinski definition) is 3. The third-order valence-electron chi connectivity index (χ3n) is 4.27. The second kappa shape index (κ2) is 4.18. The third-order valence-corrected chi connectivity index (χ3v) is 4.27. The first kappa shape index (κ1) is 11.7. The van der Waals surface area contributed by atoms with Gasteiger partial charge in [-0.3, -0.25) is 0 Å². The van der Waals surface area contributed by atoms with Crippen molar-refractivity contribution in [3.63, 3.8) is 0 Å². The monoisotopic (exact) mass is 264 g/mol. The SMILES string of the molecule is NCC1(c2ccccc2-c2nc3ccccc3o2)CC1. The molecule has 3 heteroatoms. The van der Waals surface area contributed by atoms with E-state index in [0.717, 1.165) is 29.5 Å². The molecule has 3 nitrogen and oxygen atoms in total. The molecule has 100 valence electrons. The molecule has 0 aliphatic heterocycles. The maximum atomic E-state index is 5.97. The number of nitrogens with zero attached hydrogens (tertiary/aromatic N) is 1. The summed E-state index contributed by atoms with van der Waals surface area (Å²) in [5, 5.41) is 0. The van der Waals surface area contributed by atoms with Crippen molar-refractivity contribution in [1.82, 2.24) is 4.98 Å². The van der Waals surface area contributed by atoms with Crippen LogP contribution in [-0.4, -0.2) is 11.5 Å². The third kappa shape index (κ3) is 1.67. The number of fused-ring (bicyclic) bond motifs is 1. The highest BCUT2D eigenvalue weighted by Gasteiger charge is 2.44. The smallest absolute Gasteiger partial charge is 0.227 e. The molecule has 0 atom stereocenters. The van der Waals surface area contributed by atoms with Gasteiger partial charge in [-0.15, -0.1) is 0 Å². The number of benzene rings is 2. The molecular weight excluding hydrogens is 248 g/mol. The highest BCUT2D eigenvalue weighted by Crippen LogP contribution is 2.50. The van der Waals surface area contributed by atoms with Crippen LogP contribution in [0.15, 0.2) is 52.9 Å². The minimum absolute atomic E-state index is 0.136. The summed E-state index contributed by atoms with van der Waals surface area (Å²) in [6.07, 6.45) is 2.31. The van der Waals surface area contributed by atoms with Crippen LogP contribution in [0.4, 0.5) is 0 Å². The lowest BCUT2D eigenvalue weighted by atomic mass is 9.91. The molecule has 0 radical (unpaired) electrons. The van der Waals surface area contributed by atoms with Crippen molar-refractivity contribution < 1.29 is 4.42 Å². The molecule has 1 aliphatic carbocycles. The first-order valence-corrected chi connectivity index (χ1v) is 6.98. The van der Waals surface area contributed by atoms with Gasteiger partial charge in [-0.2, -0.15) is 0 Å². The van der Waals surface area contributed by atoms with Gasteiger partial charge in [-0.1, -0.05) is 30.3 Å². The molecule has 1 aliphatic rings. The largest absolute Gasteiger partial charge is 0.436 e. The molecule has 0 amide bonds. The Morgan fingerprint density at radius 1 is 1.05 bits per heavy atom. The van der Waals surface area contributed by atoms with Crippen molar-refractivity contribution in [2.45, 2.75) is 18.3 Å². The van der Waals surface area contributed by atoms with E-state index in [0.29, 0.717) is 12.4 Å². The Kier molecular flexibility index (Phi) is 2.44. The van der Waals surface area contributed by atoms with Crippen LogP contribution in [0.5, 0.6) is 0 Å². The second-order valence-electron chi connectivity index (χ2n) is 5.52. The maximum Gasteiger partial charge on any atom is 0.227 e. The molecule has 1 fully saturated rings. The molecule has 20 heavy (non-hydrogen) atoms. The predicted molar refractivity (Wildman–Crippen MR) is 79.4 cm³/mol. The molecule has 1 heterocycles. The number of aromatic nitrogens is 1. The van der Waals surface area contributed by atoms with E-state index in [9.17, 15) is 0 Å². The van der Waals surface area contributed by atoms with Crippen LogP contribution < -0.4 is 5.73 Å². The Balaban J connectivity index is 1.90. The molecule has 2 N–H and O–H groups in total. The summed E-state index contributed by atoms with van der Waals surface area (Å²) < 4.78 is 5.91. The highest BCUT2D eigenvalue weighted by atomic mass is 16.3. The Hall–Kier alpha value is -2.13. The lowest BCUT2D eigenvalue weighted by Crippen LogP contribution is -2.20. The van der Waals surface area contributed by atoms with Gasteiger partial charge in [0, 0.05) is 17.5 Å². The van der Waals surface area contributed by atoms with E-state index >= 15 is 0 Å². The van der Waals surface area contributed by atoms with Crippen molar-refractivity contribution in [2.75, 3.05) is 6.54 Å². The van der Waals surface area contributed by atoms with Crippen molar-refractivity contribution in [2.24, 2.45) is 5.73 Å². The van der Waals surface area contributed by atoms with E-state index in [2.05, 4.69) is 23.2 Å². The second-order valence-corrected chi connectivity index (χ2v) is 5.52. The fraction of sp³-hybridized carbons (Fsp3) is 0.235. The fourth-order valence-electron chi connectivity index (χ4n) is 2.85. The number of rotatable bonds is 3. The van der Waals surface area contributed by atoms with Gasteiger partial charge in [0.1, 0.15) is 5.52 Å². The van der Waals surface area contributed by atoms with Crippen LogP contribution in [0.25, 0.3) is 22.6 Å². The molecule has 4 rings (SSSR count). The van der Waals surface area contributed by atoms with Crippen molar-refractivity contribution in [1.29, 1.82) is 0 Å². The Morgan fingerprint density at radius 3 is 2.55 bits per heavy atom. The van der Waals surface area contributed by atoms with Crippen molar-refractivity contribution in [3.05, 3.63) is 54.1 Å². The Morgan fingerprint density at radius 2 is 1.80 bits per heavy atom. The van der Waals surface area contributed by atoms with Gasteiger partial charge in [0.25, 0.3) is 0 Å². The Bertz CT molecular complexity index is 738. The summed E-state index contributed by atoms with van der Waals surface area (Å²) >= 11 is 0. The summed E-state index contributed by atoms with van der Waals surface area (Å²) in [4.78, 5) is 4.61. The summed E-state index contributed by atoms with van der Waals surface area (Å²) in [5.41, 5.74) is 10.2. The number of nitrogens with two attached hydrogens (primary N) is 1. The standard InChI is InChI=1S/C17H16N2O/c18-11-17(9-10-17)13-6-2-1-5-12(13)16-19-14-7-3-4-8-15(14)20-16/h1-8H,9-11,18H2. The zero-order chi connectivity index (χ0) is 13.6. The minimum atomic E-state index is 0.136. The zero-order valence-corrected chi connectivity index (χ0v) is 11.2. The van der Waals surface area contributed by atoms with Gasteiger partial charge in [0.05, 0.1) is 0 Å². The average molecular weight is 264 g/mol. The molecule has 2 aromatic carbocycles. The van der Waals surface area contributed by atoms with Crippen LogP contribution >= 0.6 is 0 Å². The molecule has 1 aromatic heterocycles. The van der Waals surface area contributed by atoms with Crippen LogP contribution in [-0.2, 0) is 5.41 Å². The summed E-state index contributed by atoms with van der Waals surface area (Å²) in [7, 11) is 0. The lowest BCUT2D eigenvalue weighted by Gasteiger charge is -2.15. The van der Waals surface area contributed by atoms with E-state index in [1.807, 2.05) is 30.3 Å². The van der Waals surface area contributed by atoms with Crippen molar-refractivity contribution in [3.8, 4) is 11.5 Å². The normalized spacial score (nSPS) is 16.4. The number of para-hydroxylation sites is 2. The van der Waals surface area contributed by atoms with Gasteiger partial charge in [0.15, 0.2) is 5.58 Å². The zero-order valence-electron chi connectivity index (χ0n) is 11.2. The van der Waals surface area contributed by atoms with Crippen LogP contribution in [0.2, 0.25) is 0 Å². The molecule has 0 bridgehead atoms. The van der Waals surface area contributed by atoms with Gasteiger partial charge < -0.3 is 10.2 Å². The van der Waals surface area contributed by atoms with Crippen molar-refractivity contribution >= 4 is 11.1 Å². The number of oxazole rings is 1. The van der Waals surface area contributed by atoms with E-state index < -0.39 is 0 Å². The molecular formula is C17H16N2O. The quantitative estimate of drug-likeness (QED) is 0.788. The maximum absolute atomic E-state index is 5.97. The van der Waals surface area contributed by atoms with E-state index in [1.54, 1.807) is 0 Å².